The number of nitrogens with zero attached hydrogens (tertiary/aromatic N) is 2. The molecule has 0 bridgehead atoms. The molecule has 0 aliphatic carbocycles. The third-order valence-corrected chi connectivity index (χ3v) is 4.55. The van der Waals surface area contributed by atoms with E-state index in [0.29, 0.717) is 13.2 Å². The second kappa shape index (κ2) is 7.62. The van der Waals surface area contributed by atoms with Gasteiger partial charge in [-0.05, 0) is 54.6 Å². The fourth-order valence-corrected chi connectivity index (χ4v) is 3.35. The predicted octanol–water partition coefficient (Wildman–Crippen LogP) is 5.17. The number of rotatable bonds is 6. The van der Waals surface area contributed by atoms with Gasteiger partial charge in [0.15, 0.2) is 11.5 Å². The quantitative estimate of drug-likeness (QED) is 0.477. The largest absolute Gasteiger partial charge is 0.490 e. The van der Waals surface area contributed by atoms with Gasteiger partial charge in [-0.1, -0.05) is 18.2 Å². The smallest absolute Gasteiger partial charge is 0.161 e. The van der Waals surface area contributed by atoms with Gasteiger partial charge >= 0.3 is 0 Å². The summed E-state index contributed by atoms with van der Waals surface area (Å²) in [6.07, 6.45) is 6.50. The lowest BCUT2D eigenvalue weighted by atomic mass is 10.0. The van der Waals surface area contributed by atoms with Crippen LogP contribution in [0.3, 0.4) is 0 Å². The molecule has 0 aliphatic rings. The molecule has 0 amide bonds. The molecular formula is C23H22N2O2. The second-order valence-corrected chi connectivity index (χ2v) is 6.40. The van der Waals surface area contributed by atoms with Crippen LogP contribution in [0.5, 0.6) is 11.5 Å². The molecule has 2 aromatic carbocycles. The van der Waals surface area contributed by atoms with Gasteiger partial charge in [0.2, 0.25) is 0 Å². The highest BCUT2D eigenvalue weighted by atomic mass is 16.5. The Labute approximate surface area is 158 Å². The Morgan fingerprint density at radius 1 is 0.815 bits per heavy atom. The van der Waals surface area contributed by atoms with E-state index in [-0.39, 0.29) is 0 Å². The highest BCUT2D eigenvalue weighted by molar-refractivity contribution is 5.88. The summed E-state index contributed by atoms with van der Waals surface area (Å²) < 4.78 is 11.5. The first-order valence-corrected chi connectivity index (χ1v) is 9.28. The molecule has 4 heteroatoms. The molecule has 4 nitrogen and oxygen atoms in total. The number of benzene rings is 2. The first kappa shape index (κ1) is 17.3. The minimum Gasteiger partial charge on any atom is -0.490 e. The maximum Gasteiger partial charge on any atom is 0.161 e. The van der Waals surface area contributed by atoms with Crippen LogP contribution in [-0.4, -0.2) is 23.2 Å². The lowest BCUT2D eigenvalue weighted by molar-refractivity contribution is 0.288. The van der Waals surface area contributed by atoms with Crippen molar-refractivity contribution in [3.8, 4) is 11.5 Å². The van der Waals surface area contributed by atoms with Crippen molar-refractivity contribution >= 4 is 21.7 Å². The molecule has 4 rings (SSSR count). The van der Waals surface area contributed by atoms with E-state index in [1.807, 2.05) is 56.7 Å². The summed E-state index contributed by atoms with van der Waals surface area (Å²) >= 11 is 0. The van der Waals surface area contributed by atoms with Gasteiger partial charge in [0, 0.05) is 35.8 Å². The van der Waals surface area contributed by atoms with Crippen LogP contribution in [0.1, 0.15) is 25.0 Å². The molecular weight excluding hydrogens is 336 g/mol. The van der Waals surface area contributed by atoms with Crippen molar-refractivity contribution in [3.05, 3.63) is 72.2 Å². The number of hydrogen-bond acceptors (Lipinski definition) is 4. The molecule has 0 N–H and O–H groups in total. The topological polar surface area (TPSA) is 44.2 Å². The second-order valence-electron chi connectivity index (χ2n) is 6.40. The summed E-state index contributed by atoms with van der Waals surface area (Å²) in [5.41, 5.74) is 3.32. The maximum absolute atomic E-state index is 5.80. The standard InChI is InChI=1S/C23H22N2O2/c1-3-26-22-11-19-15-24-14-18(20(19)12-23(22)27-4-2)10-16-9-17-7-5-6-8-21(17)25-13-16/h5-9,11-15H,3-4,10H2,1-2H3. The van der Waals surface area contributed by atoms with Crippen molar-refractivity contribution < 1.29 is 9.47 Å². The average Bonchev–Trinajstić information content (AvgIpc) is 2.69. The summed E-state index contributed by atoms with van der Waals surface area (Å²) in [5, 5.41) is 3.33. The van der Waals surface area contributed by atoms with Gasteiger partial charge in [-0.15, -0.1) is 0 Å². The molecule has 27 heavy (non-hydrogen) atoms. The molecule has 2 heterocycles. The van der Waals surface area contributed by atoms with Crippen molar-refractivity contribution in [1.82, 2.24) is 9.97 Å². The van der Waals surface area contributed by atoms with Crippen LogP contribution in [0.4, 0.5) is 0 Å². The minimum absolute atomic E-state index is 0.598. The van der Waals surface area contributed by atoms with E-state index in [0.717, 1.165) is 50.7 Å². The van der Waals surface area contributed by atoms with Crippen molar-refractivity contribution in [2.45, 2.75) is 20.3 Å². The summed E-state index contributed by atoms with van der Waals surface area (Å²) in [6, 6.07) is 14.4. The minimum atomic E-state index is 0.598. The van der Waals surface area contributed by atoms with Crippen LogP contribution in [0.2, 0.25) is 0 Å². The SMILES string of the molecule is CCOc1cc2cncc(Cc3cnc4ccccc4c3)c2cc1OCC. The number of para-hydroxylation sites is 1. The predicted molar refractivity (Wildman–Crippen MR) is 109 cm³/mol. The number of pyridine rings is 2. The highest BCUT2D eigenvalue weighted by Crippen LogP contribution is 2.34. The lowest BCUT2D eigenvalue weighted by Crippen LogP contribution is -2.00. The van der Waals surface area contributed by atoms with Gasteiger partial charge in [0.25, 0.3) is 0 Å². The Kier molecular flexibility index (Phi) is 4.88. The first-order chi connectivity index (χ1) is 13.3. The molecule has 0 spiro atoms. The van der Waals surface area contributed by atoms with E-state index >= 15 is 0 Å². The van der Waals surface area contributed by atoms with Crippen LogP contribution < -0.4 is 9.47 Å². The zero-order chi connectivity index (χ0) is 18.6. The number of aromatic nitrogens is 2. The molecule has 0 aliphatic heterocycles. The monoisotopic (exact) mass is 358 g/mol. The van der Waals surface area contributed by atoms with Gasteiger partial charge < -0.3 is 9.47 Å². The normalized spacial score (nSPS) is 11.0. The van der Waals surface area contributed by atoms with E-state index in [1.54, 1.807) is 0 Å². The van der Waals surface area contributed by atoms with Crippen molar-refractivity contribution in [1.29, 1.82) is 0 Å². The molecule has 0 fully saturated rings. The number of ether oxygens (including phenoxy) is 2. The summed E-state index contributed by atoms with van der Waals surface area (Å²) in [7, 11) is 0. The van der Waals surface area contributed by atoms with Crippen LogP contribution >= 0.6 is 0 Å². The Morgan fingerprint density at radius 3 is 2.41 bits per heavy atom. The van der Waals surface area contributed by atoms with E-state index in [4.69, 9.17) is 9.47 Å². The molecule has 0 radical (unpaired) electrons. The van der Waals surface area contributed by atoms with Gasteiger partial charge in [-0.25, -0.2) is 0 Å². The summed E-state index contributed by atoms with van der Waals surface area (Å²) in [4.78, 5) is 9.01. The zero-order valence-electron chi connectivity index (χ0n) is 15.6. The molecule has 0 atom stereocenters. The van der Waals surface area contributed by atoms with Crippen LogP contribution in [-0.2, 0) is 6.42 Å². The number of fused-ring (bicyclic) bond motifs is 2. The molecule has 4 aromatic rings. The maximum atomic E-state index is 5.80. The molecule has 2 aromatic heterocycles. The van der Waals surface area contributed by atoms with Crippen molar-refractivity contribution in [2.24, 2.45) is 0 Å². The van der Waals surface area contributed by atoms with Gasteiger partial charge in [0.1, 0.15) is 0 Å². The fraction of sp³-hybridized carbons (Fsp3) is 0.217. The Bertz CT molecular complexity index is 1090. The van der Waals surface area contributed by atoms with Gasteiger partial charge in [-0.2, -0.15) is 0 Å². The molecule has 136 valence electrons. The third-order valence-electron chi connectivity index (χ3n) is 4.55. The van der Waals surface area contributed by atoms with E-state index < -0.39 is 0 Å². The van der Waals surface area contributed by atoms with Gasteiger partial charge in [0.05, 0.1) is 18.7 Å². The average molecular weight is 358 g/mol. The lowest BCUT2D eigenvalue weighted by Gasteiger charge is -2.14. The Morgan fingerprint density at radius 2 is 1.59 bits per heavy atom. The fourth-order valence-electron chi connectivity index (χ4n) is 3.35. The molecule has 0 saturated carbocycles. The molecule has 0 unspecified atom stereocenters. The van der Waals surface area contributed by atoms with E-state index in [1.165, 1.54) is 0 Å². The third kappa shape index (κ3) is 3.56. The van der Waals surface area contributed by atoms with Gasteiger partial charge in [-0.3, -0.25) is 9.97 Å². The summed E-state index contributed by atoms with van der Waals surface area (Å²) in [5.74, 6) is 1.54. The number of hydrogen-bond donors (Lipinski definition) is 0. The van der Waals surface area contributed by atoms with E-state index in [9.17, 15) is 0 Å². The van der Waals surface area contributed by atoms with Crippen LogP contribution in [0.25, 0.3) is 21.7 Å². The Hall–Kier alpha value is -3.14. The zero-order valence-corrected chi connectivity index (χ0v) is 15.6. The van der Waals surface area contributed by atoms with Crippen LogP contribution in [0.15, 0.2) is 61.1 Å². The van der Waals surface area contributed by atoms with Crippen molar-refractivity contribution in [3.63, 3.8) is 0 Å². The first-order valence-electron chi connectivity index (χ1n) is 9.28. The van der Waals surface area contributed by atoms with E-state index in [2.05, 4.69) is 28.2 Å². The highest BCUT2D eigenvalue weighted by Gasteiger charge is 2.11. The summed E-state index contributed by atoms with van der Waals surface area (Å²) in [6.45, 7) is 5.15. The molecule has 0 saturated heterocycles. The van der Waals surface area contributed by atoms with Crippen molar-refractivity contribution in [2.75, 3.05) is 13.2 Å². The Balaban J connectivity index is 1.76. The van der Waals surface area contributed by atoms with Crippen LogP contribution in [0, 0.1) is 0 Å².